The van der Waals surface area contributed by atoms with Crippen molar-refractivity contribution in [1.29, 1.82) is 0 Å². The van der Waals surface area contributed by atoms with E-state index in [-0.39, 0.29) is 23.8 Å². The lowest BCUT2D eigenvalue weighted by Gasteiger charge is -2.18. The predicted molar refractivity (Wildman–Crippen MR) is 134 cm³/mol. The number of hydrogen-bond donors (Lipinski definition) is 0. The fourth-order valence-electron chi connectivity index (χ4n) is 4.56. The Hall–Kier alpha value is -2.61. The van der Waals surface area contributed by atoms with Gasteiger partial charge < -0.3 is 35.9 Å². The van der Waals surface area contributed by atoms with Crippen molar-refractivity contribution >= 4 is 34.1 Å². The fraction of sp³-hybridized carbons (Fsp3) is 0.222. The molecule has 0 aliphatic carbocycles. The summed E-state index contributed by atoms with van der Waals surface area (Å²) in [4.78, 5) is 1.06. The third-order valence-corrected chi connectivity index (χ3v) is 7.70. The highest BCUT2D eigenvalue weighted by Crippen LogP contribution is 2.41. The second-order valence-electron chi connectivity index (χ2n) is 8.19. The molecule has 0 amide bonds. The fourth-order valence-corrected chi connectivity index (χ4v) is 5.63. The van der Waals surface area contributed by atoms with Gasteiger partial charge in [0, 0.05) is 23.1 Å². The summed E-state index contributed by atoms with van der Waals surface area (Å²) in [6, 6.07) is 18.4. The molecule has 4 aromatic rings. The van der Waals surface area contributed by atoms with Crippen molar-refractivity contribution < 1.29 is 40.5 Å². The van der Waals surface area contributed by atoms with Crippen molar-refractivity contribution in [2.45, 2.75) is 17.9 Å². The van der Waals surface area contributed by atoms with E-state index < -0.39 is 0 Å². The average Bonchev–Trinajstić information content (AvgIpc) is 3.32. The molecule has 0 bridgehead atoms. The molecule has 2 aliphatic rings. The first-order valence-electron chi connectivity index (χ1n) is 11.2. The molecule has 0 atom stereocenters. The van der Waals surface area contributed by atoms with Gasteiger partial charge in [-0.2, -0.15) is 4.57 Å². The number of ether oxygens (including phenoxy) is 4. The lowest BCUT2D eigenvalue weighted by atomic mass is 9.95. The number of halogens is 2. The molecule has 0 spiro atoms. The molecule has 0 fully saturated rings. The quantitative estimate of drug-likeness (QED) is 0.202. The van der Waals surface area contributed by atoms with Crippen molar-refractivity contribution in [1.82, 2.24) is 0 Å². The number of thioether (sulfide) groups is 1. The molecule has 180 valence electrons. The van der Waals surface area contributed by atoms with Crippen LogP contribution < -0.4 is 40.5 Å². The number of methoxy groups -OCH3 is 1. The molecule has 2 aliphatic heterocycles. The number of pyridine rings is 1. The van der Waals surface area contributed by atoms with Crippen molar-refractivity contribution in [3.05, 3.63) is 71.4 Å². The molecule has 0 N–H and O–H groups in total. The maximum Gasteiger partial charge on any atom is 0.231 e. The second kappa shape index (κ2) is 10.2. The van der Waals surface area contributed by atoms with Gasteiger partial charge in [-0.3, -0.25) is 0 Å². The predicted octanol–water partition coefficient (Wildman–Crippen LogP) is 2.92. The van der Waals surface area contributed by atoms with Gasteiger partial charge in [0.25, 0.3) is 0 Å². The first kappa shape index (κ1) is 24.1. The molecule has 6 rings (SSSR count). The summed E-state index contributed by atoms with van der Waals surface area (Å²) in [5.41, 5.74) is 3.63. The van der Waals surface area contributed by atoms with Crippen molar-refractivity contribution in [2.24, 2.45) is 0 Å². The molecule has 0 radical (unpaired) electrons. The number of nitrogens with zero attached hydrogens (tertiary/aromatic N) is 1. The van der Waals surface area contributed by atoms with Gasteiger partial charge in [0.15, 0.2) is 35.7 Å². The van der Waals surface area contributed by atoms with Crippen LogP contribution in [-0.4, -0.2) is 26.3 Å². The van der Waals surface area contributed by atoms with Crippen LogP contribution in [0.3, 0.4) is 0 Å². The highest BCUT2D eigenvalue weighted by molar-refractivity contribution is 7.99. The molecule has 1 aromatic heterocycles. The molecular weight excluding hydrogens is 550 g/mol. The van der Waals surface area contributed by atoms with Gasteiger partial charge in [-0.1, -0.05) is 23.7 Å². The van der Waals surface area contributed by atoms with E-state index in [2.05, 4.69) is 35.0 Å². The minimum atomic E-state index is 0. The first-order valence-corrected chi connectivity index (χ1v) is 12.5. The molecule has 3 heterocycles. The van der Waals surface area contributed by atoms with E-state index in [0.717, 1.165) is 68.1 Å². The van der Waals surface area contributed by atoms with Crippen LogP contribution in [0.4, 0.5) is 0 Å². The van der Waals surface area contributed by atoms with Crippen LogP contribution >= 0.6 is 23.4 Å². The standard InChI is InChI=1S/C27H23ClNO4S.BrH/c1-30-23-7-6-17-12-22-19-14-25-24(32-16-33-25)13-18(19)8-9-29(22)15-20(17)27(23)31-10-11-34-26-5-3-2-4-21(26)28;/h2-7,12-15H,8-11,16H2,1H3;1H/q+1;/p-1. The van der Waals surface area contributed by atoms with Crippen molar-refractivity contribution in [3.8, 4) is 34.3 Å². The van der Waals surface area contributed by atoms with Crippen LogP contribution in [0.2, 0.25) is 5.02 Å². The number of fused-ring (bicyclic) bond motifs is 5. The molecule has 8 heteroatoms. The summed E-state index contributed by atoms with van der Waals surface area (Å²) >= 11 is 7.97. The largest absolute Gasteiger partial charge is 1.00 e. The Morgan fingerprint density at radius 2 is 1.89 bits per heavy atom. The van der Waals surface area contributed by atoms with E-state index in [1.165, 1.54) is 11.1 Å². The van der Waals surface area contributed by atoms with E-state index in [1.54, 1.807) is 18.9 Å². The third kappa shape index (κ3) is 4.53. The number of hydrogen-bond acceptors (Lipinski definition) is 5. The van der Waals surface area contributed by atoms with Gasteiger partial charge >= 0.3 is 0 Å². The molecule has 35 heavy (non-hydrogen) atoms. The summed E-state index contributed by atoms with van der Waals surface area (Å²) in [6.45, 7) is 1.71. The van der Waals surface area contributed by atoms with Crippen molar-refractivity contribution in [3.63, 3.8) is 0 Å². The first-order chi connectivity index (χ1) is 16.7. The zero-order valence-electron chi connectivity index (χ0n) is 19.1. The minimum absolute atomic E-state index is 0. The monoisotopic (exact) mass is 571 g/mol. The van der Waals surface area contributed by atoms with Crippen LogP contribution in [0.25, 0.3) is 22.0 Å². The van der Waals surface area contributed by atoms with E-state index in [4.69, 9.17) is 30.5 Å². The van der Waals surface area contributed by atoms with E-state index in [9.17, 15) is 0 Å². The molecule has 0 saturated heterocycles. The van der Waals surface area contributed by atoms with Crippen LogP contribution in [0.1, 0.15) is 5.56 Å². The zero-order chi connectivity index (χ0) is 23.1. The Balaban J connectivity index is 0.00000253. The number of aromatic nitrogens is 1. The molecule has 5 nitrogen and oxygen atoms in total. The van der Waals surface area contributed by atoms with Crippen molar-refractivity contribution in [2.75, 3.05) is 26.3 Å². The summed E-state index contributed by atoms with van der Waals surface area (Å²) in [7, 11) is 1.68. The number of benzene rings is 3. The highest BCUT2D eigenvalue weighted by atomic mass is 79.9. The topological polar surface area (TPSA) is 40.8 Å². The molecule has 3 aromatic carbocycles. The Morgan fingerprint density at radius 3 is 2.71 bits per heavy atom. The summed E-state index contributed by atoms with van der Waals surface area (Å²) < 4.78 is 25.4. The summed E-state index contributed by atoms with van der Waals surface area (Å²) in [5, 5.41) is 2.91. The highest BCUT2D eigenvalue weighted by Gasteiger charge is 2.28. The van der Waals surface area contributed by atoms with Crippen LogP contribution in [0.5, 0.6) is 23.0 Å². The Bertz CT molecular complexity index is 1410. The second-order valence-corrected chi connectivity index (χ2v) is 9.74. The third-order valence-electron chi connectivity index (χ3n) is 6.22. The van der Waals surface area contributed by atoms with E-state index >= 15 is 0 Å². The smallest absolute Gasteiger partial charge is 0.231 e. The maximum absolute atomic E-state index is 6.29. The lowest BCUT2D eigenvalue weighted by molar-refractivity contribution is -0.686. The molecular formula is C27H23BrClNO4S. The molecule has 0 saturated carbocycles. The van der Waals surface area contributed by atoms with Crippen LogP contribution in [0.15, 0.2) is 65.7 Å². The van der Waals surface area contributed by atoms with Gasteiger partial charge in [-0.25, -0.2) is 0 Å². The summed E-state index contributed by atoms with van der Waals surface area (Å²) in [5.74, 6) is 3.93. The normalized spacial score (nSPS) is 13.1. The lowest BCUT2D eigenvalue weighted by Crippen LogP contribution is -3.00. The van der Waals surface area contributed by atoms with Crippen LogP contribution in [0, 0.1) is 0 Å². The maximum atomic E-state index is 6.29. The summed E-state index contributed by atoms with van der Waals surface area (Å²) in [6.07, 6.45) is 3.11. The Kier molecular flexibility index (Phi) is 7.00. The van der Waals surface area contributed by atoms with Gasteiger partial charge in [-0.05, 0) is 47.3 Å². The number of rotatable bonds is 6. The zero-order valence-corrected chi connectivity index (χ0v) is 22.2. The van der Waals surface area contributed by atoms with Crippen LogP contribution in [-0.2, 0) is 13.0 Å². The van der Waals surface area contributed by atoms with E-state index in [0.29, 0.717) is 6.61 Å². The van der Waals surface area contributed by atoms with Gasteiger partial charge in [0.05, 0.1) is 29.7 Å². The number of aryl methyl sites for hydroxylation is 2. The SMILES string of the molecule is COc1ccc2cc3[n+](cc2c1OCCSc1ccccc1Cl)CCc1cc2c(cc1-3)OCO2.[Br-]. The average molecular weight is 573 g/mol. The van der Waals surface area contributed by atoms with Gasteiger partial charge in [0.1, 0.15) is 0 Å². The minimum Gasteiger partial charge on any atom is -1.00 e. The Labute approximate surface area is 223 Å². The van der Waals surface area contributed by atoms with Gasteiger partial charge in [-0.15, -0.1) is 11.8 Å². The Morgan fingerprint density at radius 1 is 1.06 bits per heavy atom. The van der Waals surface area contributed by atoms with E-state index in [1.807, 2.05) is 30.3 Å². The molecule has 0 unspecified atom stereocenters. The van der Waals surface area contributed by atoms with Gasteiger partial charge in [0.2, 0.25) is 12.5 Å².